The van der Waals surface area contributed by atoms with Crippen molar-refractivity contribution in [3.05, 3.63) is 74.8 Å². The molecule has 0 aliphatic carbocycles. The first-order valence-corrected chi connectivity index (χ1v) is 10.2. The van der Waals surface area contributed by atoms with Gasteiger partial charge in [0.15, 0.2) is 0 Å². The number of benzene rings is 2. The van der Waals surface area contributed by atoms with Crippen molar-refractivity contribution < 1.29 is 14.5 Å². The minimum Gasteiger partial charge on any atom is -0.352 e. The summed E-state index contributed by atoms with van der Waals surface area (Å²) in [6.45, 7) is 5.61. The van der Waals surface area contributed by atoms with Gasteiger partial charge in [-0.05, 0) is 31.9 Å². The van der Waals surface area contributed by atoms with E-state index in [1.54, 1.807) is 49.4 Å². The highest BCUT2D eigenvalue weighted by atomic mass is 35.5. The molecule has 2 aromatic carbocycles. The Morgan fingerprint density at radius 1 is 1.10 bits per heavy atom. The highest BCUT2D eigenvalue weighted by molar-refractivity contribution is 6.31. The smallest absolute Gasteiger partial charge is 0.273 e. The van der Waals surface area contributed by atoms with Crippen molar-refractivity contribution in [1.29, 1.82) is 0 Å². The van der Waals surface area contributed by atoms with E-state index in [0.717, 1.165) is 6.42 Å². The quantitative estimate of drug-likeness (QED) is 0.477. The van der Waals surface area contributed by atoms with Gasteiger partial charge in [0.05, 0.1) is 11.3 Å². The lowest BCUT2D eigenvalue weighted by atomic mass is 10.1. The number of nitro benzene ring substituents is 1. The topological polar surface area (TPSA) is 92.6 Å². The van der Waals surface area contributed by atoms with Crippen molar-refractivity contribution >= 4 is 29.1 Å². The van der Waals surface area contributed by atoms with E-state index in [1.807, 2.05) is 13.8 Å². The molecule has 0 saturated heterocycles. The SMILES string of the molecule is CC[C@H](C)NC(=O)[C@H](C)N(Cc1ccccc1Cl)C(=O)Cc1ccccc1[N+](=O)[O-]. The van der Waals surface area contributed by atoms with E-state index in [4.69, 9.17) is 11.6 Å². The summed E-state index contributed by atoms with van der Waals surface area (Å²) < 4.78 is 0. The highest BCUT2D eigenvalue weighted by Gasteiger charge is 2.28. The van der Waals surface area contributed by atoms with Gasteiger partial charge in [0.2, 0.25) is 11.8 Å². The van der Waals surface area contributed by atoms with E-state index in [-0.39, 0.29) is 30.6 Å². The normalized spacial score (nSPS) is 12.7. The zero-order chi connectivity index (χ0) is 22.3. The average molecular weight is 432 g/mol. The molecule has 0 spiro atoms. The van der Waals surface area contributed by atoms with Crippen molar-refractivity contribution in [1.82, 2.24) is 10.2 Å². The first kappa shape index (κ1) is 23.3. The summed E-state index contributed by atoms with van der Waals surface area (Å²) >= 11 is 6.26. The van der Waals surface area contributed by atoms with Gasteiger partial charge in [-0.1, -0.05) is 54.9 Å². The predicted octanol–water partition coefficient (Wildman–Crippen LogP) is 4.12. The zero-order valence-electron chi connectivity index (χ0n) is 17.3. The summed E-state index contributed by atoms with van der Waals surface area (Å²) in [6.07, 6.45) is 0.565. The van der Waals surface area contributed by atoms with Crippen LogP contribution in [0.2, 0.25) is 5.02 Å². The molecule has 0 aliphatic heterocycles. The number of nitro groups is 1. The first-order valence-electron chi connectivity index (χ1n) is 9.80. The van der Waals surface area contributed by atoms with Gasteiger partial charge in [-0.3, -0.25) is 19.7 Å². The van der Waals surface area contributed by atoms with Crippen molar-refractivity contribution in [2.45, 2.75) is 52.2 Å². The van der Waals surface area contributed by atoms with Crippen molar-refractivity contribution in [3.8, 4) is 0 Å². The second-order valence-corrected chi connectivity index (χ2v) is 7.58. The molecule has 2 amide bonds. The summed E-state index contributed by atoms with van der Waals surface area (Å²) in [5.41, 5.74) is 0.865. The Kier molecular flexibility index (Phi) is 8.35. The number of nitrogens with zero attached hydrogens (tertiary/aromatic N) is 2. The molecule has 0 aromatic heterocycles. The number of halogens is 1. The van der Waals surface area contributed by atoms with Crippen LogP contribution in [0.3, 0.4) is 0 Å². The van der Waals surface area contributed by atoms with Crippen LogP contribution in [0.5, 0.6) is 0 Å². The summed E-state index contributed by atoms with van der Waals surface area (Å²) in [4.78, 5) is 38.1. The van der Waals surface area contributed by atoms with Crippen LogP contribution in [-0.2, 0) is 22.6 Å². The molecule has 0 bridgehead atoms. The summed E-state index contributed by atoms with van der Waals surface area (Å²) in [7, 11) is 0. The van der Waals surface area contributed by atoms with Gasteiger partial charge in [0.25, 0.3) is 5.69 Å². The Balaban J connectivity index is 2.32. The molecular formula is C22H26ClN3O4. The van der Waals surface area contributed by atoms with Gasteiger partial charge in [-0.15, -0.1) is 0 Å². The average Bonchev–Trinajstić information content (AvgIpc) is 2.72. The molecule has 0 fully saturated rings. The molecule has 2 rings (SSSR count). The molecule has 30 heavy (non-hydrogen) atoms. The predicted molar refractivity (Wildman–Crippen MR) is 116 cm³/mol. The molecular weight excluding hydrogens is 406 g/mol. The Morgan fingerprint density at radius 3 is 2.30 bits per heavy atom. The minimum atomic E-state index is -0.773. The highest BCUT2D eigenvalue weighted by Crippen LogP contribution is 2.22. The van der Waals surface area contributed by atoms with Crippen molar-refractivity contribution in [2.75, 3.05) is 0 Å². The number of para-hydroxylation sites is 1. The second-order valence-electron chi connectivity index (χ2n) is 7.17. The third-order valence-electron chi connectivity index (χ3n) is 5.00. The summed E-state index contributed by atoms with van der Waals surface area (Å²) in [5, 5.41) is 14.7. The fourth-order valence-corrected chi connectivity index (χ4v) is 3.16. The zero-order valence-corrected chi connectivity index (χ0v) is 18.1. The maximum absolute atomic E-state index is 13.2. The number of hydrogen-bond donors (Lipinski definition) is 1. The first-order chi connectivity index (χ1) is 14.2. The van der Waals surface area contributed by atoms with Gasteiger partial charge in [-0.2, -0.15) is 0 Å². The minimum absolute atomic E-state index is 0.0348. The number of nitrogens with one attached hydrogen (secondary N) is 1. The van der Waals surface area contributed by atoms with E-state index in [0.29, 0.717) is 16.1 Å². The Labute approximate surface area is 181 Å². The van der Waals surface area contributed by atoms with Gasteiger partial charge in [-0.25, -0.2) is 0 Å². The molecule has 160 valence electrons. The maximum atomic E-state index is 13.2. The Morgan fingerprint density at radius 2 is 1.70 bits per heavy atom. The summed E-state index contributed by atoms with van der Waals surface area (Å²) in [5.74, 6) is -0.677. The third kappa shape index (κ3) is 6.03. The van der Waals surface area contributed by atoms with E-state index >= 15 is 0 Å². The number of rotatable bonds is 9. The van der Waals surface area contributed by atoms with E-state index in [1.165, 1.54) is 11.0 Å². The Hall–Kier alpha value is -2.93. The van der Waals surface area contributed by atoms with Crippen LogP contribution >= 0.6 is 11.6 Å². The molecule has 1 N–H and O–H groups in total. The lowest BCUT2D eigenvalue weighted by Gasteiger charge is -2.30. The molecule has 0 radical (unpaired) electrons. The second kappa shape index (κ2) is 10.7. The number of hydrogen-bond acceptors (Lipinski definition) is 4. The van der Waals surface area contributed by atoms with E-state index < -0.39 is 16.9 Å². The fourth-order valence-electron chi connectivity index (χ4n) is 2.96. The van der Waals surface area contributed by atoms with Crippen LogP contribution in [0.15, 0.2) is 48.5 Å². The van der Waals surface area contributed by atoms with Crippen LogP contribution in [0.1, 0.15) is 38.3 Å². The number of carbonyl (C=O) groups excluding carboxylic acids is 2. The van der Waals surface area contributed by atoms with Gasteiger partial charge in [0.1, 0.15) is 6.04 Å². The Bertz CT molecular complexity index is 919. The van der Waals surface area contributed by atoms with Crippen molar-refractivity contribution in [2.24, 2.45) is 0 Å². The van der Waals surface area contributed by atoms with Crippen LogP contribution in [0.4, 0.5) is 5.69 Å². The standard InChI is InChI=1S/C22H26ClN3O4/c1-4-15(2)24-22(28)16(3)25(14-18-10-5-7-11-19(18)23)21(27)13-17-9-6-8-12-20(17)26(29)30/h5-12,15-16H,4,13-14H2,1-3H3,(H,24,28)/t15-,16-/m0/s1. The summed E-state index contributed by atoms with van der Waals surface area (Å²) in [6, 6.07) is 12.4. The third-order valence-corrected chi connectivity index (χ3v) is 5.37. The van der Waals surface area contributed by atoms with E-state index in [2.05, 4.69) is 5.32 Å². The van der Waals surface area contributed by atoms with Crippen LogP contribution in [-0.4, -0.2) is 33.7 Å². The number of amides is 2. The van der Waals surface area contributed by atoms with Gasteiger partial charge >= 0.3 is 0 Å². The van der Waals surface area contributed by atoms with Crippen molar-refractivity contribution in [3.63, 3.8) is 0 Å². The van der Waals surface area contributed by atoms with Gasteiger partial charge in [0, 0.05) is 29.2 Å². The molecule has 0 heterocycles. The van der Waals surface area contributed by atoms with Crippen LogP contribution in [0, 0.1) is 10.1 Å². The molecule has 0 unspecified atom stereocenters. The lowest BCUT2D eigenvalue weighted by molar-refractivity contribution is -0.385. The molecule has 2 atom stereocenters. The van der Waals surface area contributed by atoms with Crippen LogP contribution < -0.4 is 5.32 Å². The maximum Gasteiger partial charge on any atom is 0.273 e. The number of carbonyl (C=O) groups is 2. The monoisotopic (exact) mass is 431 g/mol. The lowest BCUT2D eigenvalue weighted by Crippen LogP contribution is -2.50. The van der Waals surface area contributed by atoms with Gasteiger partial charge < -0.3 is 10.2 Å². The molecule has 8 heteroatoms. The molecule has 0 saturated carbocycles. The van der Waals surface area contributed by atoms with Crippen LogP contribution in [0.25, 0.3) is 0 Å². The molecule has 0 aliphatic rings. The fraction of sp³-hybridized carbons (Fsp3) is 0.364. The molecule has 7 nitrogen and oxygen atoms in total. The molecule has 2 aromatic rings. The van der Waals surface area contributed by atoms with E-state index in [9.17, 15) is 19.7 Å². The largest absolute Gasteiger partial charge is 0.352 e.